The fraction of sp³-hybridized carbons (Fsp3) is 0.546. The monoisotopic (exact) mass is 1880 g/mol. The molecule has 0 spiro atoms. The molecule has 5 fully saturated rings. The number of amides is 7. The van der Waals surface area contributed by atoms with Crippen molar-refractivity contribution >= 4 is 94.1 Å². The lowest BCUT2D eigenvalue weighted by Gasteiger charge is -2.26. The van der Waals surface area contributed by atoms with Crippen LogP contribution in [0.1, 0.15) is 224 Å². The average Bonchev–Trinajstić information content (AvgIpc) is 1.61. The predicted octanol–water partition coefficient (Wildman–Crippen LogP) is 10.9. The summed E-state index contributed by atoms with van der Waals surface area (Å²) in [6.45, 7) is 13.9. The average molecular weight is 1880 g/mol. The number of thioether (sulfide) groups is 1. The van der Waals surface area contributed by atoms with Gasteiger partial charge in [-0.05, 0) is 177 Å². The first-order chi connectivity index (χ1) is 64.3. The fourth-order valence-corrected chi connectivity index (χ4v) is 17.9. The lowest BCUT2D eigenvalue weighted by molar-refractivity contribution is -0.152. The number of fused-ring (bicyclic) bond motifs is 4. The first kappa shape index (κ1) is 105. The van der Waals surface area contributed by atoms with Gasteiger partial charge in [-0.15, -0.1) is 0 Å². The molecule has 0 aromatic heterocycles. The number of hydrogen-bond acceptors (Lipinski definition) is 30. The highest BCUT2D eigenvalue weighted by Gasteiger charge is 2.51. The lowest BCUT2D eigenvalue weighted by atomic mass is 9.92. The molecule has 8 aliphatic heterocycles. The summed E-state index contributed by atoms with van der Waals surface area (Å²) < 4.78 is 33.4. The van der Waals surface area contributed by atoms with E-state index in [1.165, 1.54) is 32.0 Å². The molecule has 11 rings (SSSR count). The van der Waals surface area contributed by atoms with Gasteiger partial charge in [0.25, 0.3) is 17.7 Å². The minimum absolute atomic E-state index is 0.00974. The van der Waals surface area contributed by atoms with E-state index < -0.39 is 65.5 Å². The van der Waals surface area contributed by atoms with Crippen LogP contribution < -0.4 is 21.3 Å². The van der Waals surface area contributed by atoms with Crippen molar-refractivity contribution in [2.45, 2.75) is 249 Å². The Labute approximate surface area is 785 Å². The van der Waals surface area contributed by atoms with E-state index in [0.717, 1.165) is 101 Å². The van der Waals surface area contributed by atoms with Crippen LogP contribution in [-0.2, 0) is 95.8 Å². The number of ketones is 1. The molecule has 36 nitrogen and oxygen atoms in total. The standard InChI is InChI=1S/C43H60N4O12S.2C27H35N3O7/c1-29-11-8-15-34(59-38(52)27-56-22-21-55-20-10-14-32(48)13-4-5-17-36-40-43(2,28-60-36)45-42(54)44-40)16-9-12-31(46-57-26-37(51)47-18-6-3-7-19-47)23-30-24-33(49)25-35(50)39(30)41(53)58-29;2*1-18-8-6-9-21(28-19(2)31)10-7-11-22(29-36-17-25(34)30-12-4-3-5-13-30)14-20-15-23(32)16-24(33)26(20)27(35)37-18/h8-9,12,15,24-25,29,34,36,40,49-50H,3-7,10-11,13-14,16-23,26-28H2,1-2H3,(H2,44,45,54);2*6-7,9,11,15-16,18,21,32-33H,3-5,8,10,12-14,17H2,1-2H3,(H,28,31)/b12-9+,15-8+,46-31?;9-6+,11-7+,29-22+;9-6+,11-7+,29-22-/t29-,34?,36+,40-,43+;2*18-,21+/m111/s1. The smallest absolute Gasteiger partial charge is 0.342 e. The van der Waals surface area contributed by atoms with Crippen molar-refractivity contribution < 1.29 is 126 Å². The molecule has 0 aliphatic carbocycles. The number of piperidine rings is 3. The van der Waals surface area contributed by atoms with Crippen LogP contribution >= 0.6 is 11.8 Å². The maximum atomic E-state index is 13.2. The number of allylic oxidation sites excluding steroid dienone is 3. The van der Waals surface area contributed by atoms with Crippen molar-refractivity contribution in [3.05, 3.63) is 143 Å². The highest BCUT2D eigenvalue weighted by molar-refractivity contribution is 8.00. The van der Waals surface area contributed by atoms with E-state index in [-0.39, 0.29) is 187 Å². The molecule has 9 atom stereocenters. The summed E-state index contributed by atoms with van der Waals surface area (Å²) in [6.07, 6.45) is 34.2. The van der Waals surface area contributed by atoms with Gasteiger partial charge in [-0.25, -0.2) is 24.0 Å². The van der Waals surface area contributed by atoms with Gasteiger partial charge in [0.2, 0.25) is 11.8 Å². The number of carbonyl (C=O) groups is 11. The molecule has 730 valence electrons. The molecular weight excluding hydrogens is 1750 g/mol. The zero-order chi connectivity index (χ0) is 96.5. The normalized spacial score (nSPS) is 24.9. The molecule has 3 aromatic rings. The number of oxime groups is 3. The molecule has 7 amide bonds. The summed E-state index contributed by atoms with van der Waals surface area (Å²) in [4.78, 5) is 158. The summed E-state index contributed by atoms with van der Waals surface area (Å²) >= 11 is 1.88. The van der Waals surface area contributed by atoms with E-state index in [1.54, 1.807) is 84.1 Å². The highest BCUT2D eigenvalue weighted by atomic mass is 32.2. The quantitative estimate of drug-likeness (QED) is 0.00891. The van der Waals surface area contributed by atoms with Crippen molar-refractivity contribution in [1.29, 1.82) is 0 Å². The number of benzene rings is 3. The predicted molar refractivity (Wildman–Crippen MR) is 499 cm³/mol. The Hall–Kier alpha value is -12.2. The fourth-order valence-electron chi connectivity index (χ4n) is 16.2. The summed E-state index contributed by atoms with van der Waals surface area (Å²) in [6, 6.07) is 6.71. The number of urea groups is 1. The Bertz CT molecular complexity index is 4650. The first-order valence-electron chi connectivity index (χ1n) is 46.1. The zero-order valence-corrected chi connectivity index (χ0v) is 78.1. The lowest BCUT2D eigenvalue weighted by Crippen LogP contribution is -2.47. The SMILES string of the molecule is CC(=O)N[C@H]1/C=C/C[C@@H](C)OC(=O)c2c(O)cc(O)cc2CC(=N/OCC(=O)N2CCCCC2)/C=C/C1.CC(=O)N[C@H]1/C=C/C[C@@H](C)OC(=O)c2c(O)cc(O)cc2CC(=N\OCC(=O)N2CCCCC2)/C=C/C1.C[C@@H]1C/C=C/C(OC(=O)COCCOCCCC(=O)CCCC[C@@H]2SC[C@]3(C)NC(=O)N[C@H]23)C/C=C/C(=NOCC(=O)N2CCCCC2)Cc2cc(O)cc(O)c2C(=O)O1. The third-order valence-electron chi connectivity index (χ3n) is 22.9. The number of cyclic esters (lactones) is 3. The van der Waals surface area contributed by atoms with Crippen molar-refractivity contribution in [2.75, 3.05) is 91.3 Å². The van der Waals surface area contributed by atoms with Crippen molar-refractivity contribution in [3.63, 3.8) is 0 Å². The maximum Gasteiger partial charge on any atom is 0.342 e. The van der Waals surface area contributed by atoms with E-state index in [2.05, 4.69) is 43.7 Å². The number of nitrogens with zero attached hydrogens (tertiary/aromatic N) is 6. The van der Waals surface area contributed by atoms with Crippen molar-refractivity contribution in [2.24, 2.45) is 15.5 Å². The van der Waals surface area contributed by atoms with Gasteiger partial charge in [0.05, 0.1) is 54.0 Å². The Morgan fingerprint density at radius 1 is 0.478 bits per heavy atom. The molecule has 0 saturated carbocycles. The number of hydrogen-bond donors (Lipinski definition) is 10. The molecular formula is C97H130N10O26S. The van der Waals surface area contributed by atoms with Gasteiger partial charge < -0.3 is 110 Å². The summed E-state index contributed by atoms with van der Waals surface area (Å²) in [7, 11) is 0. The largest absolute Gasteiger partial charge is 0.508 e. The van der Waals surface area contributed by atoms with Gasteiger partial charge in [-0.3, -0.25) is 28.8 Å². The number of phenolic OH excluding ortho intramolecular Hbond substituents is 6. The van der Waals surface area contributed by atoms with Crippen LogP contribution in [0.2, 0.25) is 0 Å². The number of ether oxygens (including phenoxy) is 6. The third kappa shape index (κ3) is 35.9. The molecule has 1 unspecified atom stereocenters. The van der Waals surface area contributed by atoms with Crippen LogP contribution in [-0.4, -0.2) is 272 Å². The highest BCUT2D eigenvalue weighted by Crippen LogP contribution is 2.40. The number of rotatable bonds is 26. The number of unbranched alkanes of at least 4 members (excludes halogenated alkanes) is 1. The van der Waals surface area contributed by atoms with E-state index in [9.17, 15) is 83.4 Å². The van der Waals surface area contributed by atoms with Gasteiger partial charge in [0.15, 0.2) is 19.8 Å². The van der Waals surface area contributed by atoms with E-state index in [0.29, 0.717) is 114 Å². The Morgan fingerprint density at radius 3 is 1.28 bits per heavy atom. The topological polar surface area (TPSA) is 487 Å². The molecule has 10 N–H and O–H groups in total. The summed E-state index contributed by atoms with van der Waals surface area (Å²) in [5, 5.41) is 86.5. The Morgan fingerprint density at radius 2 is 0.866 bits per heavy atom. The molecule has 0 radical (unpaired) electrons. The number of phenols is 6. The Balaban J connectivity index is 0.000000237. The second-order valence-electron chi connectivity index (χ2n) is 34.5. The maximum absolute atomic E-state index is 13.2. The summed E-state index contributed by atoms with van der Waals surface area (Å²) in [5.74, 6) is -4.64. The molecule has 5 saturated heterocycles. The molecule has 8 heterocycles. The number of carbonyl (C=O) groups excluding carboxylic acids is 11. The van der Waals surface area contributed by atoms with Gasteiger partial charge in [0, 0.05) is 147 Å². The van der Waals surface area contributed by atoms with E-state index >= 15 is 0 Å². The van der Waals surface area contributed by atoms with Gasteiger partial charge >= 0.3 is 29.9 Å². The van der Waals surface area contributed by atoms with Crippen LogP contribution in [0.5, 0.6) is 34.5 Å². The van der Waals surface area contributed by atoms with Gasteiger partial charge in [0.1, 0.15) is 88.0 Å². The van der Waals surface area contributed by atoms with E-state index in [1.807, 2.05) is 36.1 Å². The number of nitrogens with one attached hydrogen (secondary N) is 4. The number of likely N-dealkylation sites (tertiary alicyclic amines) is 3. The first-order valence-corrected chi connectivity index (χ1v) is 47.2. The minimum Gasteiger partial charge on any atom is -0.508 e. The van der Waals surface area contributed by atoms with Crippen LogP contribution in [0.15, 0.2) is 125 Å². The van der Waals surface area contributed by atoms with Crippen molar-refractivity contribution in [1.82, 2.24) is 36.0 Å². The Kier molecular flexibility index (Phi) is 43.1. The van der Waals surface area contributed by atoms with Crippen molar-refractivity contribution in [3.8, 4) is 34.5 Å². The zero-order valence-electron chi connectivity index (χ0n) is 77.3. The summed E-state index contributed by atoms with van der Waals surface area (Å²) in [5.41, 5.74) is 1.31. The minimum atomic E-state index is -0.795. The second-order valence-corrected chi connectivity index (χ2v) is 35.7. The molecule has 3 aromatic carbocycles. The van der Waals surface area contributed by atoms with Crippen LogP contribution in [0.4, 0.5) is 4.79 Å². The molecule has 8 aliphatic rings. The van der Waals surface area contributed by atoms with Crippen LogP contribution in [0.3, 0.4) is 0 Å². The molecule has 134 heavy (non-hydrogen) atoms. The second kappa shape index (κ2) is 54.8. The van der Waals surface area contributed by atoms with Crippen LogP contribution in [0, 0.1) is 0 Å². The van der Waals surface area contributed by atoms with Gasteiger partial charge in [-0.1, -0.05) is 70.5 Å². The number of esters is 4. The molecule has 37 heteroatoms. The molecule has 0 bridgehead atoms. The number of aromatic hydroxyl groups is 6. The third-order valence-corrected chi connectivity index (χ3v) is 24.6. The van der Waals surface area contributed by atoms with E-state index in [4.69, 9.17) is 42.9 Å². The number of Topliss-reactive ketones (excluding diaryl/α,β-unsaturated/α-hetero) is 1. The van der Waals surface area contributed by atoms with Crippen LogP contribution in [0.25, 0.3) is 0 Å². The van der Waals surface area contributed by atoms with Gasteiger partial charge in [-0.2, -0.15) is 11.8 Å².